The third kappa shape index (κ3) is 3.83. The Morgan fingerprint density at radius 2 is 1.68 bits per heavy atom. The second kappa shape index (κ2) is 6.24. The molecule has 0 aliphatic rings. The first-order chi connectivity index (χ1) is 9.06. The monoisotopic (exact) mass is 310 g/mol. The topological polar surface area (TPSA) is 24.1 Å². The number of hydrogen-bond donors (Lipinski definition) is 2. The van der Waals surface area contributed by atoms with Crippen LogP contribution in [0.3, 0.4) is 0 Å². The lowest BCUT2D eigenvalue weighted by atomic mass is 10.2. The van der Waals surface area contributed by atoms with Crippen LogP contribution in [-0.4, -0.2) is 5.11 Å². The molecule has 19 heavy (non-hydrogen) atoms. The van der Waals surface area contributed by atoms with Crippen LogP contribution >= 0.6 is 35.4 Å². The fraction of sp³-hybridized carbons (Fsp3) is 0.0714. The van der Waals surface area contributed by atoms with E-state index in [1.54, 1.807) is 6.07 Å². The van der Waals surface area contributed by atoms with Crippen molar-refractivity contribution in [1.29, 1.82) is 0 Å². The second-order valence-electron chi connectivity index (χ2n) is 4.02. The Morgan fingerprint density at radius 1 is 1.00 bits per heavy atom. The summed E-state index contributed by atoms with van der Waals surface area (Å²) in [5, 5.41) is 7.98. The molecule has 0 radical (unpaired) electrons. The molecule has 0 aliphatic heterocycles. The average Bonchev–Trinajstić information content (AvgIpc) is 2.36. The molecule has 2 nitrogen and oxygen atoms in total. The molecule has 0 saturated carbocycles. The van der Waals surface area contributed by atoms with E-state index in [4.69, 9.17) is 35.4 Å². The summed E-state index contributed by atoms with van der Waals surface area (Å²) in [7, 11) is 0. The first-order valence-corrected chi connectivity index (χ1v) is 6.81. The Hall–Kier alpha value is -1.29. The molecule has 0 aromatic heterocycles. The molecule has 0 heterocycles. The highest BCUT2D eigenvalue weighted by Crippen LogP contribution is 2.22. The molecule has 5 heteroatoms. The fourth-order valence-electron chi connectivity index (χ4n) is 1.61. The van der Waals surface area contributed by atoms with Gasteiger partial charge in [0.25, 0.3) is 0 Å². The van der Waals surface area contributed by atoms with E-state index < -0.39 is 0 Å². The third-order valence-electron chi connectivity index (χ3n) is 2.56. The zero-order valence-electron chi connectivity index (χ0n) is 10.2. The fourth-order valence-corrected chi connectivity index (χ4v) is 2.24. The zero-order chi connectivity index (χ0) is 13.8. The van der Waals surface area contributed by atoms with Gasteiger partial charge in [-0.05, 0) is 55.0 Å². The lowest BCUT2D eigenvalue weighted by Crippen LogP contribution is -2.19. The van der Waals surface area contributed by atoms with Gasteiger partial charge in [-0.3, -0.25) is 0 Å². The van der Waals surface area contributed by atoms with Crippen LogP contribution in [0.2, 0.25) is 10.0 Å². The smallest absolute Gasteiger partial charge is 0.175 e. The maximum Gasteiger partial charge on any atom is 0.175 e. The van der Waals surface area contributed by atoms with Crippen LogP contribution in [0.15, 0.2) is 42.5 Å². The van der Waals surface area contributed by atoms with Crippen molar-refractivity contribution in [3.05, 3.63) is 58.1 Å². The van der Waals surface area contributed by atoms with Crippen molar-refractivity contribution < 1.29 is 0 Å². The first-order valence-electron chi connectivity index (χ1n) is 5.65. The predicted molar refractivity (Wildman–Crippen MR) is 87.5 cm³/mol. The third-order valence-corrected chi connectivity index (χ3v) is 3.33. The number of halogens is 2. The molecule has 2 aromatic carbocycles. The van der Waals surface area contributed by atoms with Gasteiger partial charge in [0.15, 0.2) is 5.11 Å². The second-order valence-corrected chi connectivity index (χ2v) is 5.27. The molecule has 0 saturated heterocycles. The molecular formula is C14H12Cl2N2S. The molecule has 0 atom stereocenters. The summed E-state index contributed by atoms with van der Waals surface area (Å²) in [6.45, 7) is 1.96. The van der Waals surface area contributed by atoms with Crippen LogP contribution in [0, 0.1) is 6.92 Å². The number of hydrogen-bond acceptors (Lipinski definition) is 1. The lowest BCUT2D eigenvalue weighted by Gasteiger charge is -2.13. The molecule has 98 valence electrons. The maximum atomic E-state index is 6.06. The van der Waals surface area contributed by atoms with Crippen molar-refractivity contribution in [3.8, 4) is 0 Å². The number of aryl methyl sites for hydroxylation is 1. The van der Waals surface area contributed by atoms with Crippen LogP contribution in [0.25, 0.3) is 0 Å². The number of benzene rings is 2. The Bertz CT molecular complexity index is 614. The number of nitrogens with one attached hydrogen (secondary N) is 2. The van der Waals surface area contributed by atoms with Crippen LogP contribution < -0.4 is 10.6 Å². The van der Waals surface area contributed by atoms with Crippen LogP contribution in [0.5, 0.6) is 0 Å². The molecule has 0 bridgehead atoms. The highest BCUT2D eigenvalue weighted by atomic mass is 35.5. The van der Waals surface area contributed by atoms with Gasteiger partial charge in [-0.2, -0.15) is 0 Å². The van der Waals surface area contributed by atoms with E-state index in [0.29, 0.717) is 15.2 Å². The predicted octanol–water partition coefficient (Wildman–Crippen LogP) is 5.11. The van der Waals surface area contributed by atoms with Crippen molar-refractivity contribution >= 4 is 51.9 Å². The zero-order valence-corrected chi connectivity index (χ0v) is 12.5. The van der Waals surface area contributed by atoms with Gasteiger partial charge in [-0.1, -0.05) is 35.3 Å². The summed E-state index contributed by atoms with van der Waals surface area (Å²) in [4.78, 5) is 0. The summed E-state index contributed by atoms with van der Waals surface area (Å²) >= 11 is 17.2. The van der Waals surface area contributed by atoms with Gasteiger partial charge in [0.1, 0.15) is 0 Å². The minimum atomic E-state index is 0.485. The van der Waals surface area contributed by atoms with Crippen LogP contribution in [-0.2, 0) is 0 Å². The summed E-state index contributed by atoms with van der Waals surface area (Å²) in [6, 6.07) is 13.0. The van der Waals surface area contributed by atoms with Crippen molar-refractivity contribution in [3.63, 3.8) is 0 Å². The summed E-state index contributed by atoms with van der Waals surface area (Å²) in [5.41, 5.74) is 2.71. The minimum absolute atomic E-state index is 0.485. The number of anilines is 2. The molecule has 0 spiro atoms. The molecular weight excluding hydrogens is 299 g/mol. The lowest BCUT2D eigenvalue weighted by molar-refractivity contribution is 1.45. The van der Waals surface area contributed by atoms with Gasteiger partial charge in [0.05, 0.1) is 10.7 Å². The Balaban J connectivity index is 2.08. The minimum Gasteiger partial charge on any atom is -0.332 e. The number of rotatable bonds is 2. The van der Waals surface area contributed by atoms with Gasteiger partial charge in [-0.15, -0.1) is 0 Å². The van der Waals surface area contributed by atoms with Crippen LogP contribution in [0.1, 0.15) is 5.56 Å². The Labute approximate surface area is 127 Å². The summed E-state index contributed by atoms with van der Waals surface area (Å²) in [6.07, 6.45) is 0. The maximum absolute atomic E-state index is 6.06. The molecule has 2 aromatic rings. The van der Waals surface area contributed by atoms with E-state index in [1.165, 1.54) is 0 Å². The van der Waals surface area contributed by atoms with E-state index in [0.717, 1.165) is 16.9 Å². The van der Waals surface area contributed by atoms with Crippen molar-refractivity contribution in [1.82, 2.24) is 0 Å². The largest absolute Gasteiger partial charge is 0.332 e. The molecule has 0 fully saturated rings. The highest BCUT2D eigenvalue weighted by molar-refractivity contribution is 7.80. The van der Waals surface area contributed by atoms with E-state index in [-0.39, 0.29) is 0 Å². The molecule has 0 aliphatic carbocycles. The highest BCUT2D eigenvalue weighted by Gasteiger charge is 2.04. The molecule has 2 N–H and O–H groups in total. The van der Waals surface area contributed by atoms with E-state index in [2.05, 4.69) is 10.6 Å². The average molecular weight is 311 g/mol. The van der Waals surface area contributed by atoms with Crippen molar-refractivity contribution in [2.75, 3.05) is 10.6 Å². The van der Waals surface area contributed by atoms with E-state index >= 15 is 0 Å². The Morgan fingerprint density at radius 3 is 2.37 bits per heavy atom. The molecule has 2 rings (SSSR count). The first kappa shape index (κ1) is 14.1. The van der Waals surface area contributed by atoms with Crippen LogP contribution in [0.4, 0.5) is 11.4 Å². The molecule has 0 unspecified atom stereocenters. The SMILES string of the molecule is Cc1cc(Cl)ccc1NC(=S)Nc1ccccc1Cl. The van der Waals surface area contributed by atoms with Gasteiger partial charge < -0.3 is 10.6 Å². The quantitative estimate of drug-likeness (QED) is 0.754. The standard InChI is InChI=1S/C14H12Cl2N2S/c1-9-8-10(15)6-7-12(9)17-14(19)18-13-5-3-2-4-11(13)16/h2-8H,1H3,(H2,17,18,19). The summed E-state index contributed by atoms with van der Waals surface area (Å²) in [5.74, 6) is 0. The van der Waals surface area contributed by atoms with Gasteiger partial charge in [0.2, 0.25) is 0 Å². The Kier molecular flexibility index (Phi) is 4.64. The van der Waals surface area contributed by atoms with Crippen molar-refractivity contribution in [2.24, 2.45) is 0 Å². The number of para-hydroxylation sites is 1. The van der Waals surface area contributed by atoms with E-state index in [1.807, 2.05) is 43.3 Å². The van der Waals surface area contributed by atoms with Gasteiger partial charge in [0, 0.05) is 10.7 Å². The van der Waals surface area contributed by atoms with E-state index in [9.17, 15) is 0 Å². The van der Waals surface area contributed by atoms with Gasteiger partial charge in [-0.25, -0.2) is 0 Å². The molecule has 0 amide bonds. The number of thiocarbonyl (C=S) groups is 1. The summed E-state index contributed by atoms with van der Waals surface area (Å²) < 4.78 is 0. The van der Waals surface area contributed by atoms with Crippen molar-refractivity contribution in [2.45, 2.75) is 6.92 Å². The van der Waals surface area contributed by atoms with Gasteiger partial charge >= 0.3 is 0 Å². The normalized spacial score (nSPS) is 10.1.